The minimum absolute atomic E-state index is 0.0662. The molecule has 5 rings (SSSR count). The highest BCUT2D eigenvalue weighted by Crippen LogP contribution is 2.32. The lowest BCUT2D eigenvalue weighted by atomic mass is 10.1. The number of carbonyl (C=O) groups excluding carboxylic acids is 2. The number of rotatable bonds is 6. The zero-order chi connectivity index (χ0) is 29.1. The van der Waals surface area contributed by atoms with Crippen LogP contribution in [0.4, 0.5) is 14.9 Å². The van der Waals surface area contributed by atoms with Gasteiger partial charge in [-0.2, -0.15) is 0 Å². The van der Waals surface area contributed by atoms with Gasteiger partial charge in [0.1, 0.15) is 17.3 Å². The number of hydrogen-bond acceptors (Lipinski definition) is 4. The fourth-order valence-electron chi connectivity index (χ4n) is 4.94. The van der Waals surface area contributed by atoms with E-state index in [1.54, 1.807) is 24.0 Å². The van der Waals surface area contributed by atoms with Crippen LogP contribution in [-0.2, 0) is 0 Å². The second-order valence-electron chi connectivity index (χ2n) is 9.63. The summed E-state index contributed by atoms with van der Waals surface area (Å²) in [5, 5.41) is 2.67. The molecule has 0 saturated carbocycles. The van der Waals surface area contributed by atoms with Crippen LogP contribution in [0.25, 0.3) is 16.9 Å². The van der Waals surface area contributed by atoms with E-state index in [1.165, 1.54) is 18.2 Å². The molecular weight excluding hydrogens is 547 g/mol. The fourth-order valence-corrected chi connectivity index (χ4v) is 5.12. The van der Waals surface area contributed by atoms with E-state index < -0.39 is 5.82 Å². The molecule has 8 nitrogen and oxygen atoms in total. The van der Waals surface area contributed by atoms with Crippen LogP contribution in [0, 0.1) is 12.7 Å². The molecule has 10 heteroatoms. The van der Waals surface area contributed by atoms with Crippen molar-refractivity contribution < 1.29 is 23.5 Å². The number of hydrogen-bond donors (Lipinski definition) is 1. The number of carbonyl (C=O) groups is 2. The first-order valence-corrected chi connectivity index (χ1v) is 13.5. The summed E-state index contributed by atoms with van der Waals surface area (Å²) in [6.07, 6.45) is 0. The quantitative estimate of drug-likeness (QED) is 0.294. The average molecular weight is 577 g/mol. The van der Waals surface area contributed by atoms with Gasteiger partial charge in [0.2, 0.25) is 0 Å². The van der Waals surface area contributed by atoms with Crippen LogP contribution in [-0.4, -0.2) is 66.7 Å². The molecule has 1 fully saturated rings. The van der Waals surface area contributed by atoms with E-state index in [0.29, 0.717) is 43.2 Å². The zero-order valence-corrected chi connectivity index (χ0v) is 23.7. The Hall–Kier alpha value is -4.50. The van der Waals surface area contributed by atoms with Gasteiger partial charge in [-0.25, -0.2) is 9.18 Å². The summed E-state index contributed by atoms with van der Waals surface area (Å²) >= 11 is 5.83. The number of urea groups is 1. The van der Waals surface area contributed by atoms with Crippen molar-refractivity contribution in [3.63, 3.8) is 0 Å². The van der Waals surface area contributed by atoms with Gasteiger partial charge in [-0.3, -0.25) is 4.79 Å². The zero-order valence-electron chi connectivity index (χ0n) is 23.0. The van der Waals surface area contributed by atoms with Crippen LogP contribution in [0.2, 0.25) is 5.02 Å². The van der Waals surface area contributed by atoms with Crippen LogP contribution in [0.1, 0.15) is 16.1 Å². The van der Waals surface area contributed by atoms with Crippen LogP contribution in [0.15, 0.2) is 72.8 Å². The molecule has 0 unspecified atom stereocenters. The number of aromatic nitrogens is 1. The maximum Gasteiger partial charge on any atom is 0.321 e. The van der Waals surface area contributed by atoms with Gasteiger partial charge in [-0.15, -0.1) is 0 Å². The first kappa shape index (κ1) is 28.0. The number of nitrogens with zero attached hydrogens (tertiary/aromatic N) is 3. The summed E-state index contributed by atoms with van der Waals surface area (Å²) in [4.78, 5) is 30.0. The minimum Gasteiger partial charge on any atom is -0.497 e. The normalized spacial score (nSPS) is 13.2. The van der Waals surface area contributed by atoms with Crippen molar-refractivity contribution in [2.75, 3.05) is 45.7 Å². The molecule has 3 amide bonds. The monoisotopic (exact) mass is 576 g/mol. The third kappa shape index (κ3) is 5.85. The molecule has 41 heavy (non-hydrogen) atoms. The number of amides is 3. The van der Waals surface area contributed by atoms with E-state index in [2.05, 4.69) is 9.88 Å². The topological polar surface area (TPSA) is 76.0 Å². The van der Waals surface area contributed by atoms with Gasteiger partial charge in [0.05, 0.1) is 30.5 Å². The Morgan fingerprint density at radius 1 is 0.854 bits per heavy atom. The predicted octanol–water partition coefficient (Wildman–Crippen LogP) is 6.25. The van der Waals surface area contributed by atoms with Crippen LogP contribution >= 0.6 is 11.6 Å². The van der Waals surface area contributed by atoms with Gasteiger partial charge in [-0.05, 0) is 73.2 Å². The molecule has 1 aromatic heterocycles. The van der Waals surface area contributed by atoms with E-state index in [9.17, 15) is 14.0 Å². The van der Waals surface area contributed by atoms with E-state index in [0.717, 1.165) is 28.4 Å². The molecule has 2 heterocycles. The number of ether oxygens (including phenoxy) is 2. The van der Waals surface area contributed by atoms with Crippen LogP contribution in [0.3, 0.4) is 0 Å². The maximum absolute atomic E-state index is 13.8. The Morgan fingerprint density at radius 3 is 2.20 bits per heavy atom. The van der Waals surface area contributed by atoms with Crippen molar-refractivity contribution in [1.82, 2.24) is 14.4 Å². The van der Waals surface area contributed by atoms with Crippen molar-refractivity contribution in [3.05, 3.63) is 94.9 Å². The molecule has 1 aliphatic heterocycles. The molecule has 4 aromatic rings. The van der Waals surface area contributed by atoms with E-state index in [4.69, 9.17) is 21.1 Å². The number of benzene rings is 3. The highest BCUT2D eigenvalue weighted by Gasteiger charge is 2.28. The van der Waals surface area contributed by atoms with Crippen LogP contribution in [0.5, 0.6) is 11.5 Å². The average Bonchev–Trinajstić information content (AvgIpc) is 3.35. The number of piperazine rings is 1. The predicted molar refractivity (Wildman–Crippen MR) is 157 cm³/mol. The highest BCUT2D eigenvalue weighted by molar-refractivity contribution is 6.31. The summed E-state index contributed by atoms with van der Waals surface area (Å²) in [6, 6.07) is 21.0. The molecular formula is C31H30ClFN4O4. The maximum atomic E-state index is 13.8. The van der Waals surface area contributed by atoms with Gasteiger partial charge < -0.3 is 29.2 Å². The molecule has 0 radical (unpaired) electrons. The first-order chi connectivity index (χ1) is 19.8. The lowest BCUT2D eigenvalue weighted by Crippen LogP contribution is -2.51. The second kappa shape index (κ2) is 11.9. The summed E-state index contributed by atoms with van der Waals surface area (Å²) in [6.45, 7) is 3.38. The summed E-state index contributed by atoms with van der Waals surface area (Å²) in [7, 11) is 3.24. The van der Waals surface area contributed by atoms with Crippen molar-refractivity contribution in [1.29, 1.82) is 0 Å². The Kier molecular flexibility index (Phi) is 8.16. The van der Waals surface area contributed by atoms with Crippen molar-refractivity contribution in [2.45, 2.75) is 6.92 Å². The molecule has 212 valence electrons. The Balaban J connectivity index is 1.37. The lowest BCUT2D eigenvalue weighted by Gasteiger charge is -2.34. The highest BCUT2D eigenvalue weighted by atomic mass is 35.5. The Bertz CT molecular complexity index is 1580. The smallest absolute Gasteiger partial charge is 0.321 e. The molecule has 0 bridgehead atoms. The molecule has 3 aromatic carbocycles. The minimum atomic E-state index is -0.553. The van der Waals surface area contributed by atoms with Gasteiger partial charge >= 0.3 is 6.03 Å². The third-order valence-electron chi connectivity index (χ3n) is 7.20. The Labute approximate surface area is 242 Å². The molecule has 1 saturated heterocycles. The van der Waals surface area contributed by atoms with E-state index >= 15 is 0 Å². The van der Waals surface area contributed by atoms with Gasteiger partial charge in [0, 0.05) is 49.3 Å². The third-order valence-corrected chi connectivity index (χ3v) is 7.49. The summed E-state index contributed by atoms with van der Waals surface area (Å²) in [5.41, 5.74) is 4.44. The van der Waals surface area contributed by atoms with Crippen molar-refractivity contribution in [3.8, 4) is 28.4 Å². The van der Waals surface area contributed by atoms with Crippen molar-refractivity contribution >= 4 is 29.2 Å². The number of methoxy groups -OCH3 is 2. The lowest BCUT2D eigenvalue weighted by molar-refractivity contribution is 0.0671. The molecule has 0 aliphatic carbocycles. The van der Waals surface area contributed by atoms with E-state index in [-0.39, 0.29) is 17.0 Å². The molecule has 0 spiro atoms. The summed E-state index contributed by atoms with van der Waals surface area (Å²) < 4.78 is 26.3. The number of halogens is 2. The second-order valence-corrected chi connectivity index (χ2v) is 10.0. The number of nitrogens with one attached hydrogen (secondary N) is 1. The molecule has 0 atom stereocenters. The van der Waals surface area contributed by atoms with Gasteiger partial charge in [0.15, 0.2) is 0 Å². The molecule has 1 aliphatic rings. The van der Waals surface area contributed by atoms with Gasteiger partial charge in [0.25, 0.3) is 5.91 Å². The fraction of sp³-hybridized carbons (Fsp3) is 0.226. The Morgan fingerprint density at radius 2 is 1.54 bits per heavy atom. The van der Waals surface area contributed by atoms with E-state index in [1.807, 2.05) is 61.5 Å². The van der Waals surface area contributed by atoms with Crippen molar-refractivity contribution in [2.24, 2.45) is 0 Å². The van der Waals surface area contributed by atoms with Crippen LogP contribution < -0.4 is 14.8 Å². The number of anilines is 1. The standard InChI is InChI=1S/C31H30ClFN4O4/c1-20-26(30(38)35-13-15-36(16-14-35)31(39)34-22-9-12-28(33)27(32)17-22)19-29(21-7-10-24(40-2)11-8-21)37(20)23-5-4-6-25(18-23)41-3/h4-12,17-19H,13-16H2,1-3H3,(H,34,39). The van der Waals surface area contributed by atoms with Gasteiger partial charge in [-0.1, -0.05) is 17.7 Å². The SMILES string of the molecule is COc1ccc(-c2cc(C(=O)N3CCN(C(=O)Nc4ccc(F)c(Cl)c4)CC3)c(C)n2-c2cccc(OC)c2)cc1. The largest absolute Gasteiger partial charge is 0.497 e. The molecule has 1 N–H and O–H groups in total. The first-order valence-electron chi connectivity index (χ1n) is 13.1. The summed E-state index contributed by atoms with van der Waals surface area (Å²) in [5.74, 6) is 0.791.